The molecule has 6 rings (SSSR count). The molecule has 3 aromatic heterocycles. The molecule has 0 amide bonds. The SMILES string of the molecule is [2H]C([2H])([2H])c1ccn[c-]c1-c1cc2c(cn1)C(C)(C)c1ccccc1-2.[Ir].[c-]1ccccc1-c1ccccn1. The van der Waals surface area contributed by atoms with Crippen LogP contribution in [0.4, 0.5) is 0 Å². The average molecular weight is 635 g/mol. The van der Waals surface area contributed by atoms with Crippen molar-refractivity contribution in [1.82, 2.24) is 15.0 Å². The summed E-state index contributed by atoms with van der Waals surface area (Å²) in [6, 6.07) is 28.6. The molecule has 0 aliphatic heterocycles. The van der Waals surface area contributed by atoms with Crippen molar-refractivity contribution in [1.29, 1.82) is 0 Å². The van der Waals surface area contributed by atoms with Gasteiger partial charge in [0.1, 0.15) is 0 Å². The third kappa shape index (κ3) is 4.86. The fraction of sp³-hybridized carbons (Fsp3) is 0.129. The van der Waals surface area contributed by atoms with E-state index >= 15 is 0 Å². The van der Waals surface area contributed by atoms with E-state index in [1.54, 1.807) is 6.20 Å². The van der Waals surface area contributed by atoms with Crippen molar-refractivity contribution < 1.29 is 24.2 Å². The third-order valence-electron chi connectivity index (χ3n) is 6.14. The van der Waals surface area contributed by atoms with Crippen LogP contribution in [-0.4, -0.2) is 15.0 Å². The molecule has 1 aliphatic carbocycles. The second-order valence-corrected chi connectivity index (χ2v) is 8.62. The van der Waals surface area contributed by atoms with Crippen LogP contribution in [0.1, 0.15) is 34.7 Å². The zero-order chi connectivity index (χ0) is 26.0. The van der Waals surface area contributed by atoms with E-state index in [9.17, 15) is 0 Å². The van der Waals surface area contributed by atoms with Crippen LogP contribution in [0, 0.1) is 19.1 Å². The molecule has 0 bridgehead atoms. The summed E-state index contributed by atoms with van der Waals surface area (Å²) in [5, 5.41) is 0. The average Bonchev–Trinajstić information content (AvgIpc) is 3.16. The molecule has 0 atom stereocenters. The van der Waals surface area contributed by atoms with E-state index in [1.807, 2.05) is 66.9 Å². The van der Waals surface area contributed by atoms with Gasteiger partial charge in [0.05, 0.1) is 0 Å². The quantitative estimate of drug-likeness (QED) is 0.195. The third-order valence-corrected chi connectivity index (χ3v) is 6.14. The van der Waals surface area contributed by atoms with Gasteiger partial charge >= 0.3 is 0 Å². The first-order chi connectivity index (χ1) is 17.8. The van der Waals surface area contributed by atoms with E-state index in [4.69, 9.17) is 4.11 Å². The second-order valence-electron chi connectivity index (χ2n) is 8.62. The number of fused-ring (bicyclic) bond motifs is 3. The smallest absolute Gasteiger partial charge is 0.0207 e. The minimum atomic E-state index is -2.23. The monoisotopic (exact) mass is 635 g/mol. The number of hydrogen-bond donors (Lipinski definition) is 0. The molecule has 0 N–H and O–H groups in total. The molecule has 0 unspecified atom stereocenters. The van der Waals surface area contributed by atoms with Crippen molar-refractivity contribution in [3.63, 3.8) is 0 Å². The number of nitrogens with zero attached hydrogens (tertiary/aromatic N) is 3. The Balaban J connectivity index is 0.000000218. The first-order valence-corrected chi connectivity index (χ1v) is 11.1. The van der Waals surface area contributed by atoms with Gasteiger partial charge in [0, 0.05) is 42.0 Å². The fourth-order valence-electron chi connectivity index (χ4n) is 4.35. The minimum absolute atomic E-state index is 0. The van der Waals surface area contributed by atoms with Crippen LogP contribution >= 0.6 is 0 Å². The predicted octanol–water partition coefficient (Wildman–Crippen LogP) is 7.10. The summed E-state index contributed by atoms with van der Waals surface area (Å²) in [5.41, 5.74) is 7.81. The number of pyridine rings is 3. The molecule has 3 heterocycles. The summed E-state index contributed by atoms with van der Waals surface area (Å²) in [6.45, 7) is 2.14. The van der Waals surface area contributed by atoms with E-state index in [2.05, 4.69) is 53.2 Å². The first-order valence-electron chi connectivity index (χ1n) is 12.6. The number of aromatic nitrogens is 3. The fourth-order valence-corrected chi connectivity index (χ4v) is 4.35. The largest absolute Gasteiger partial charge is 0.360 e. The molecule has 2 aromatic carbocycles. The Morgan fingerprint density at radius 1 is 0.800 bits per heavy atom. The summed E-state index contributed by atoms with van der Waals surface area (Å²) in [6.07, 6.45) is 7.92. The van der Waals surface area contributed by atoms with Gasteiger partial charge < -0.3 is 15.0 Å². The topological polar surface area (TPSA) is 38.7 Å². The zero-order valence-corrected chi connectivity index (χ0v) is 21.8. The van der Waals surface area contributed by atoms with Crippen molar-refractivity contribution in [3.05, 3.63) is 126 Å². The maximum absolute atomic E-state index is 7.75. The van der Waals surface area contributed by atoms with Crippen LogP contribution < -0.4 is 0 Å². The summed E-state index contributed by atoms with van der Waals surface area (Å²) >= 11 is 0. The number of benzene rings is 2. The summed E-state index contributed by atoms with van der Waals surface area (Å²) in [5.74, 6) is 0. The van der Waals surface area contributed by atoms with Gasteiger partial charge in [-0.1, -0.05) is 69.4 Å². The zero-order valence-electron chi connectivity index (χ0n) is 22.4. The van der Waals surface area contributed by atoms with Crippen molar-refractivity contribution in [3.8, 4) is 33.6 Å². The molecule has 0 saturated carbocycles. The van der Waals surface area contributed by atoms with E-state index < -0.39 is 6.85 Å². The van der Waals surface area contributed by atoms with Crippen LogP contribution in [0.3, 0.4) is 0 Å². The molecule has 0 spiro atoms. The van der Waals surface area contributed by atoms with Gasteiger partial charge in [-0.15, -0.1) is 53.1 Å². The normalized spacial score (nSPS) is 14.1. The number of rotatable bonds is 2. The minimum Gasteiger partial charge on any atom is -0.360 e. The van der Waals surface area contributed by atoms with Gasteiger partial charge in [0.15, 0.2) is 0 Å². The van der Waals surface area contributed by atoms with Gasteiger partial charge in [-0.25, -0.2) is 0 Å². The van der Waals surface area contributed by atoms with Gasteiger partial charge in [-0.2, -0.15) is 0 Å². The predicted molar refractivity (Wildman–Crippen MR) is 137 cm³/mol. The van der Waals surface area contributed by atoms with Gasteiger partial charge in [0.2, 0.25) is 0 Å². The van der Waals surface area contributed by atoms with Gasteiger partial charge in [-0.05, 0) is 45.9 Å². The van der Waals surface area contributed by atoms with Gasteiger partial charge in [-0.3, -0.25) is 0 Å². The Labute approximate surface area is 224 Å². The standard InChI is InChI=1S/C20H17N2.C11H8N.Ir/c1-13-8-9-21-11-16(13)19-10-15-14-6-4-5-7-17(14)20(2,3)18(15)12-22-19;1-2-6-10(7-3-1)11-8-4-5-9-12-11;/h4-10,12H,1-3H3;1-6,8-9H;/q2*-1;/i1D3;;. The van der Waals surface area contributed by atoms with Crippen molar-refractivity contribution in [2.24, 2.45) is 0 Å². The summed E-state index contributed by atoms with van der Waals surface area (Å²) in [4.78, 5) is 12.8. The molecule has 0 fully saturated rings. The Morgan fingerprint density at radius 2 is 1.63 bits per heavy atom. The number of hydrogen-bond acceptors (Lipinski definition) is 3. The molecule has 3 nitrogen and oxygen atoms in total. The van der Waals surface area contributed by atoms with Crippen molar-refractivity contribution in [2.75, 3.05) is 0 Å². The Kier molecular flexibility index (Phi) is 6.22. The Morgan fingerprint density at radius 3 is 2.40 bits per heavy atom. The Hall–Kier alpha value is -3.46. The van der Waals surface area contributed by atoms with Crippen LogP contribution in [0.25, 0.3) is 33.6 Å². The molecular weight excluding hydrogens is 607 g/mol. The van der Waals surface area contributed by atoms with Gasteiger partial charge in [0.25, 0.3) is 0 Å². The molecule has 35 heavy (non-hydrogen) atoms. The first kappa shape index (κ1) is 20.9. The van der Waals surface area contributed by atoms with Crippen molar-refractivity contribution in [2.45, 2.75) is 26.1 Å². The molecule has 1 radical (unpaired) electrons. The molecule has 5 aromatic rings. The Bertz CT molecular complexity index is 1500. The van der Waals surface area contributed by atoms with E-state index in [1.165, 1.54) is 23.4 Å². The molecular formula is C31H25IrN3-2. The maximum Gasteiger partial charge on any atom is 0.0207 e. The van der Waals surface area contributed by atoms with E-state index in [0.29, 0.717) is 11.3 Å². The van der Waals surface area contributed by atoms with Crippen molar-refractivity contribution >= 4 is 0 Å². The van der Waals surface area contributed by atoms with E-state index in [0.717, 1.165) is 22.4 Å². The molecule has 1 aliphatic rings. The van der Waals surface area contributed by atoms with Crippen LogP contribution in [0.5, 0.6) is 0 Å². The van der Waals surface area contributed by atoms with E-state index in [-0.39, 0.29) is 31.1 Å². The summed E-state index contributed by atoms with van der Waals surface area (Å²) < 4.78 is 23.3. The molecule has 0 saturated heterocycles. The van der Waals surface area contributed by atoms with Crippen LogP contribution in [0.15, 0.2) is 97.5 Å². The second kappa shape index (κ2) is 10.4. The van der Waals surface area contributed by atoms with Crippen LogP contribution in [-0.2, 0) is 25.5 Å². The maximum atomic E-state index is 7.75. The molecule has 4 heteroatoms. The summed E-state index contributed by atoms with van der Waals surface area (Å²) in [7, 11) is 0. The van der Waals surface area contributed by atoms with Crippen LogP contribution in [0.2, 0.25) is 0 Å². The number of aryl methyl sites for hydroxylation is 1. The molecule has 175 valence electrons.